The summed E-state index contributed by atoms with van der Waals surface area (Å²) >= 11 is 0. The molecule has 0 aromatic heterocycles. The molecular formula is C14H20N4O3. The number of nitrogens with two attached hydrogens (primary N) is 1. The summed E-state index contributed by atoms with van der Waals surface area (Å²) < 4.78 is 10.3. The number of ether oxygens (including phenoxy) is 2. The number of anilines is 2. The van der Waals surface area contributed by atoms with Crippen molar-refractivity contribution in [1.82, 2.24) is 5.32 Å². The summed E-state index contributed by atoms with van der Waals surface area (Å²) in [6, 6.07) is 5.48. The molecule has 1 aromatic carbocycles. The average molecular weight is 292 g/mol. The molecule has 21 heavy (non-hydrogen) atoms. The molecule has 4 N–H and O–H groups in total. The molecule has 1 aromatic rings. The van der Waals surface area contributed by atoms with Crippen LogP contribution in [0.25, 0.3) is 0 Å². The highest BCUT2D eigenvalue weighted by atomic mass is 16.5. The molecule has 114 valence electrons. The van der Waals surface area contributed by atoms with E-state index in [-0.39, 0.29) is 0 Å². The second kappa shape index (κ2) is 6.74. The molecule has 1 aliphatic heterocycles. The zero-order valence-electron chi connectivity index (χ0n) is 12.2. The molecule has 1 heterocycles. The number of carbonyl (C=O) groups excluding carboxylic acids is 1. The SMILES string of the molecule is CN/C=C(\N)CN1CCOc2cccc(NC(=O)OC)c21. The molecule has 0 saturated heterocycles. The van der Waals surface area contributed by atoms with E-state index in [9.17, 15) is 4.79 Å². The molecule has 0 saturated carbocycles. The lowest BCUT2D eigenvalue weighted by atomic mass is 10.2. The first-order valence-electron chi connectivity index (χ1n) is 6.63. The number of fused-ring (bicyclic) bond motifs is 1. The minimum absolute atomic E-state index is 0.521. The molecular weight excluding hydrogens is 272 g/mol. The molecule has 0 fully saturated rings. The zero-order chi connectivity index (χ0) is 15.2. The number of hydrogen-bond acceptors (Lipinski definition) is 6. The van der Waals surface area contributed by atoms with Crippen LogP contribution in [0.1, 0.15) is 0 Å². The third-order valence-corrected chi connectivity index (χ3v) is 3.06. The molecule has 0 aliphatic carbocycles. The average Bonchev–Trinajstić information content (AvgIpc) is 2.47. The van der Waals surface area contributed by atoms with Crippen molar-refractivity contribution in [2.75, 3.05) is 44.1 Å². The first kappa shape index (κ1) is 14.8. The molecule has 1 amide bonds. The minimum Gasteiger partial charge on any atom is -0.489 e. The van der Waals surface area contributed by atoms with Gasteiger partial charge in [0.25, 0.3) is 0 Å². The second-order valence-corrected chi connectivity index (χ2v) is 4.55. The Morgan fingerprint density at radius 1 is 1.57 bits per heavy atom. The summed E-state index contributed by atoms with van der Waals surface area (Å²) in [6.07, 6.45) is 1.22. The fourth-order valence-electron chi connectivity index (χ4n) is 2.21. The van der Waals surface area contributed by atoms with E-state index in [1.54, 1.807) is 19.3 Å². The summed E-state index contributed by atoms with van der Waals surface area (Å²) in [6.45, 7) is 1.80. The number of nitrogens with zero attached hydrogens (tertiary/aromatic N) is 1. The van der Waals surface area contributed by atoms with E-state index in [1.807, 2.05) is 12.1 Å². The van der Waals surface area contributed by atoms with Crippen LogP contribution in [0, 0.1) is 0 Å². The van der Waals surface area contributed by atoms with Gasteiger partial charge in [0.15, 0.2) is 0 Å². The fraction of sp³-hybridized carbons (Fsp3) is 0.357. The van der Waals surface area contributed by atoms with Gasteiger partial charge in [-0.15, -0.1) is 0 Å². The van der Waals surface area contributed by atoms with E-state index < -0.39 is 6.09 Å². The number of para-hydroxylation sites is 1. The van der Waals surface area contributed by atoms with Gasteiger partial charge in [-0.05, 0) is 12.1 Å². The summed E-state index contributed by atoms with van der Waals surface area (Å²) in [4.78, 5) is 13.5. The monoisotopic (exact) mass is 292 g/mol. The summed E-state index contributed by atoms with van der Waals surface area (Å²) in [5.74, 6) is 0.715. The Hall–Kier alpha value is -2.57. The highest BCUT2D eigenvalue weighted by Gasteiger charge is 2.22. The topological polar surface area (TPSA) is 88.9 Å². The summed E-state index contributed by atoms with van der Waals surface area (Å²) in [7, 11) is 3.12. The van der Waals surface area contributed by atoms with Gasteiger partial charge >= 0.3 is 6.09 Å². The third kappa shape index (κ3) is 3.50. The van der Waals surface area contributed by atoms with Gasteiger partial charge in [0.2, 0.25) is 0 Å². The van der Waals surface area contributed by atoms with Crippen molar-refractivity contribution in [2.24, 2.45) is 5.73 Å². The molecule has 7 heteroatoms. The van der Waals surface area contributed by atoms with Crippen LogP contribution in [-0.4, -0.2) is 39.9 Å². The maximum atomic E-state index is 11.5. The van der Waals surface area contributed by atoms with E-state index in [2.05, 4.69) is 20.3 Å². The predicted octanol–water partition coefficient (Wildman–Crippen LogP) is 1.08. The van der Waals surface area contributed by atoms with Gasteiger partial charge in [0, 0.05) is 18.9 Å². The van der Waals surface area contributed by atoms with Crippen molar-refractivity contribution in [2.45, 2.75) is 0 Å². The van der Waals surface area contributed by atoms with Crippen LogP contribution < -0.4 is 26.0 Å². The normalized spacial score (nSPS) is 14.0. The van der Waals surface area contributed by atoms with Crippen molar-refractivity contribution < 1.29 is 14.3 Å². The Morgan fingerprint density at radius 3 is 3.10 bits per heavy atom. The van der Waals surface area contributed by atoms with E-state index in [0.717, 1.165) is 5.69 Å². The first-order chi connectivity index (χ1) is 10.2. The van der Waals surface area contributed by atoms with Crippen LogP contribution in [0.4, 0.5) is 16.2 Å². The smallest absolute Gasteiger partial charge is 0.411 e. The number of amides is 1. The maximum Gasteiger partial charge on any atom is 0.411 e. The number of hydrogen-bond donors (Lipinski definition) is 3. The summed E-state index contributed by atoms with van der Waals surface area (Å²) in [5, 5.41) is 5.60. The Kier molecular flexibility index (Phi) is 4.76. The van der Waals surface area contributed by atoms with E-state index in [0.29, 0.717) is 36.8 Å². The van der Waals surface area contributed by atoms with E-state index in [4.69, 9.17) is 10.5 Å². The molecule has 0 atom stereocenters. The molecule has 0 spiro atoms. The van der Waals surface area contributed by atoms with Gasteiger partial charge in [0.05, 0.1) is 25.9 Å². The Labute approximate surface area is 123 Å². The van der Waals surface area contributed by atoms with Crippen molar-refractivity contribution in [3.8, 4) is 5.75 Å². The fourth-order valence-corrected chi connectivity index (χ4v) is 2.21. The van der Waals surface area contributed by atoms with Gasteiger partial charge in [-0.1, -0.05) is 6.07 Å². The first-order valence-corrected chi connectivity index (χ1v) is 6.63. The second-order valence-electron chi connectivity index (χ2n) is 4.55. The third-order valence-electron chi connectivity index (χ3n) is 3.06. The van der Waals surface area contributed by atoms with Crippen LogP contribution >= 0.6 is 0 Å². The van der Waals surface area contributed by atoms with Crippen LogP contribution in [0.2, 0.25) is 0 Å². The predicted molar refractivity (Wildman–Crippen MR) is 81.5 cm³/mol. The zero-order valence-corrected chi connectivity index (χ0v) is 12.2. The van der Waals surface area contributed by atoms with E-state index in [1.165, 1.54) is 7.11 Å². The van der Waals surface area contributed by atoms with Gasteiger partial charge < -0.3 is 25.4 Å². The van der Waals surface area contributed by atoms with Gasteiger partial charge in [-0.3, -0.25) is 5.32 Å². The molecule has 7 nitrogen and oxygen atoms in total. The highest BCUT2D eigenvalue weighted by Crippen LogP contribution is 2.38. The van der Waals surface area contributed by atoms with Crippen LogP contribution in [0.5, 0.6) is 5.75 Å². The number of rotatable bonds is 4. The standard InChI is InChI=1S/C14H20N4O3/c1-16-8-10(15)9-18-6-7-21-12-5-3-4-11(13(12)18)17-14(19)20-2/h3-5,8,16H,6-7,9,15H2,1-2H3,(H,17,19)/b10-8-. The molecule has 2 rings (SSSR count). The number of carbonyl (C=O) groups is 1. The number of methoxy groups -OCH3 is 1. The lowest BCUT2D eigenvalue weighted by Crippen LogP contribution is -2.36. The lowest BCUT2D eigenvalue weighted by Gasteiger charge is -2.33. The van der Waals surface area contributed by atoms with E-state index >= 15 is 0 Å². The molecule has 0 unspecified atom stereocenters. The van der Waals surface area contributed by atoms with Crippen LogP contribution in [0.3, 0.4) is 0 Å². The number of nitrogens with one attached hydrogen (secondary N) is 2. The van der Waals surface area contributed by atoms with Crippen molar-refractivity contribution in [3.63, 3.8) is 0 Å². The van der Waals surface area contributed by atoms with Gasteiger partial charge in [-0.2, -0.15) is 0 Å². The molecule has 0 bridgehead atoms. The maximum absolute atomic E-state index is 11.5. The number of benzene rings is 1. The largest absolute Gasteiger partial charge is 0.489 e. The lowest BCUT2D eigenvalue weighted by molar-refractivity contribution is 0.187. The van der Waals surface area contributed by atoms with Crippen LogP contribution in [-0.2, 0) is 4.74 Å². The Morgan fingerprint density at radius 2 is 2.38 bits per heavy atom. The van der Waals surface area contributed by atoms with Crippen molar-refractivity contribution in [3.05, 3.63) is 30.1 Å². The molecule has 1 aliphatic rings. The summed E-state index contributed by atoms with van der Waals surface area (Å²) in [5.41, 5.74) is 8.09. The molecule has 0 radical (unpaired) electrons. The minimum atomic E-state index is -0.521. The van der Waals surface area contributed by atoms with Gasteiger partial charge in [-0.25, -0.2) is 4.79 Å². The highest BCUT2D eigenvalue weighted by molar-refractivity contribution is 5.91. The van der Waals surface area contributed by atoms with Gasteiger partial charge in [0.1, 0.15) is 18.0 Å². The van der Waals surface area contributed by atoms with Crippen molar-refractivity contribution >= 4 is 17.5 Å². The van der Waals surface area contributed by atoms with Crippen LogP contribution in [0.15, 0.2) is 30.1 Å². The quantitative estimate of drug-likeness (QED) is 0.769. The van der Waals surface area contributed by atoms with Crippen molar-refractivity contribution in [1.29, 1.82) is 0 Å². The Balaban J connectivity index is 2.30. The Bertz CT molecular complexity index is 545.